The van der Waals surface area contributed by atoms with Crippen LogP contribution in [0.3, 0.4) is 0 Å². The Morgan fingerprint density at radius 1 is 0.955 bits per heavy atom. The molecule has 0 spiro atoms. The van der Waals surface area contributed by atoms with Gasteiger partial charge in [-0.3, -0.25) is 4.79 Å². The third kappa shape index (κ3) is 8.66. The molecular weight excluding hydrogens is 561 g/mol. The van der Waals surface area contributed by atoms with Crippen LogP contribution in [-0.2, 0) is 20.7 Å². The number of hydrogen-bond acceptors (Lipinski definition) is 5. The van der Waals surface area contributed by atoms with Gasteiger partial charge >= 0.3 is 12.0 Å². The van der Waals surface area contributed by atoms with Crippen LogP contribution < -0.4 is 16.0 Å². The van der Waals surface area contributed by atoms with E-state index in [0.29, 0.717) is 16.8 Å². The summed E-state index contributed by atoms with van der Waals surface area (Å²) in [6.07, 6.45) is 2.83. The molecule has 0 saturated heterocycles. The van der Waals surface area contributed by atoms with E-state index in [1.165, 1.54) is 43.7 Å². The first-order valence-corrected chi connectivity index (χ1v) is 14.9. The predicted octanol–water partition coefficient (Wildman–Crippen LogP) is 7.18. The van der Waals surface area contributed by atoms with Crippen molar-refractivity contribution in [1.29, 1.82) is 0 Å². The van der Waals surface area contributed by atoms with Crippen molar-refractivity contribution in [3.63, 3.8) is 0 Å². The lowest BCUT2D eigenvalue weighted by Gasteiger charge is -2.30. The summed E-state index contributed by atoms with van der Waals surface area (Å²) in [4.78, 5) is 39.7. The van der Waals surface area contributed by atoms with Crippen molar-refractivity contribution in [1.82, 2.24) is 5.32 Å². The molecule has 3 aromatic rings. The molecule has 2 atom stereocenters. The van der Waals surface area contributed by atoms with Crippen LogP contribution in [0, 0.1) is 25.6 Å². The number of aryl methyl sites for hydroxylation is 2. The summed E-state index contributed by atoms with van der Waals surface area (Å²) >= 11 is 0. The molecular formula is C35H42FN3O5. The predicted molar refractivity (Wildman–Crippen MR) is 170 cm³/mol. The topological polar surface area (TPSA) is 106 Å². The van der Waals surface area contributed by atoms with E-state index in [2.05, 4.69) is 28.1 Å². The number of anilines is 2. The van der Waals surface area contributed by atoms with Gasteiger partial charge in [-0.2, -0.15) is 0 Å². The first-order chi connectivity index (χ1) is 20.7. The Hall–Kier alpha value is -4.24. The van der Waals surface area contributed by atoms with E-state index in [1.54, 1.807) is 31.2 Å². The Labute approximate surface area is 258 Å². The van der Waals surface area contributed by atoms with E-state index in [1.807, 2.05) is 34.6 Å². The SMILES string of the molecule is COC(=O)[C@@H](NC(=O)c1ccc(-c2cccc(F)c2)cc1NC(=O)Nc1c(C)cc(CC2CC2)cc1C)[C@@H](C)OC(C)(C)C. The maximum Gasteiger partial charge on any atom is 0.331 e. The van der Waals surface area contributed by atoms with Crippen molar-refractivity contribution in [2.45, 2.75) is 78.6 Å². The van der Waals surface area contributed by atoms with Gasteiger partial charge in [0.15, 0.2) is 6.04 Å². The first kappa shape index (κ1) is 32.7. The molecule has 4 rings (SSSR count). The maximum absolute atomic E-state index is 14.0. The first-order valence-electron chi connectivity index (χ1n) is 14.9. The van der Waals surface area contributed by atoms with Crippen molar-refractivity contribution >= 4 is 29.3 Å². The smallest absolute Gasteiger partial charge is 0.331 e. The summed E-state index contributed by atoms with van der Waals surface area (Å²) in [5.74, 6) is -0.966. The highest BCUT2D eigenvalue weighted by molar-refractivity contribution is 6.08. The number of carbonyl (C=O) groups excluding carboxylic acids is 3. The molecule has 3 amide bonds. The molecule has 1 saturated carbocycles. The van der Waals surface area contributed by atoms with Gasteiger partial charge in [-0.25, -0.2) is 14.0 Å². The average molecular weight is 604 g/mol. The molecule has 234 valence electrons. The Morgan fingerprint density at radius 2 is 1.61 bits per heavy atom. The lowest BCUT2D eigenvalue weighted by molar-refractivity contribution is -0.150. The molecule has 0 radical (unpaired) electrons. The van der Waals surface area contributed by atoms with E-state index in [4.69, 9.17) is 9.47 Å². The van der Waals surface area contributed by atoms with Gasteiger partial charge in [0.25, 0.3) is 5.91 Å². The zero-order chi connectivity index (χ0) is 32.2. The van der Waals surface area contributed by atoms with Gasteiger partial charge in [-0.1, -0.05) is 30.3 Å². The number of ether oxygens (including phenoxy) is 2. The molecule has 0 unspecified atom stereocenters. The summed E-state index contributed by atoms with van der Waals surface area (Å²) in [6, 6.07) is 13.3. The summed E-state index contributed by atoms with van der Waals surface area (Å²) in [7, 11) is 1.23. The number of carbonyl (C=O) groups is 3. The quantitative estimate of drug-likeness (QED) is 0.213. The molecule has 0 heterocycles. The molecule has 8 nitrogen and oxygen atoms in total. The summed E-state index contributed by atoms with van der Waals surface area (Å²) in [5, 5.41) is 8.45. The summed E-state index contributed by atoms with van der Waals surface area (Å²) < 4.78 is 24.9. The number of amides is 3. The molecule has 1 aliphatic carbocycles. The van der Waals surface area contributed by atoms with Crippen molar-refractivity contribution in [3.05, 3.63) is 82.7 Å². The van der Waals surface area contributed by atoms with Crippen LogP contribution >= 0.6 is 0 Å². The Bertz CT molecular complexity index is 1520. The molecule has 0 aliphatic heterocycles. The van der Waals surface area contributed by atoms with Crippen LogP contribution in [0.15, 0.2) is 54.6 Å². The highest BCUT2D eigenvalue weighted by atomic mass is 19.1. The normalized spacial score (nSPS) is 14.4. The number of halogens is 1. The van der Waals surface area contributed by atoms with E-state index < -0.39 is 41.5 Å². The lowest BCUT2D eigenvalue weighted by atomic mass is 10.0. The average Bonchev–Trinajstić information content (AvgIpc) is 3.76. The summed E-state index contributed by atoms with van der Waals surface area (Å²) in [6.45, 7) is 11.1. The fraction of sp³-hybridized carbons (Fsp3) is 0.400. The number of methoxy groups -OCH3 is 1. The molecule has 1 aliphatic rings. The molecule has 3 aromatic carbocycles. The fourth-order valence-corrected chi connectivity index (χ4v) is 5.32. The molecule has 0 aromatic heterocycles. The Kier molecular flexibility index (Phi) is 10.1. The van der Waals surface area contributed by atoms with Crippen LogP contribution in [0.2, 0.25) is 0 Å². The molecule has 9 heteroatoms. The van der Waals surface area contributed by atoms with Crippen molar-refractivity contribution in [2.75, 3.05) is 17.7 Å². The number of nitrogens with one attached hydrogen (secondary N) is 3. The van der Waals surface area contributed by atoms with E-state index in [9.17, 15) is 18.8 Å². The molecule has 44 heavy (non-hydrogen) atoms. The largest absolute Gasteiger partial charge is 0.467 e. The van der Waals surface area contributed by atoms with E-state index in [-0.39, 0.29) is 11.3 Å². The van der Waals surface area contributed by atoms with Gasteiger partial charge in [-0.05, 0) is 119 Å². The third-order valence-electron chi connectivity index (χ3n) is 7.47. The van der Waals surface area contributed by atoms with E-state index >= 15 is 0 Å². The minimum absolute atomic E-state index is 0.102. The zero-order valence-corrected chi connectivity index (χ0v) is 26.5. The number of hydrogen-bond donors (Lipinski definition) is 3. The van der Waals surface area contributed by atoms with Crippen LogP contribution in [0.5, 0.6) is 0 Å². The van der Waals surface area contributed by atoms with Gasteiger partial charge in [0.1, 0.15) is 5.82 Å². The molecule has 1 fully saturated rings. The van der Waals surface area contributed by atoms with Gasteiger partial charge in [0, 0.05) is 5.69 Å². The lowest BCUT2D eigenvalue weighted by Crippen LogP contribution is -2.51. The summed E-state index contributed by atoms with van der Waals surface area (Å²) in [5.41, 5.74) is 4.67. The van der Waals surface area contributed by atoms with Gasteiger partial charge < -0.3 is 25.4 Å². The van der Waals surface area contributed by atoms with Crippen LogP contribution in [-0.4, -0.2) is 42.8 Å². The Balaban J connectivity index is 1.63. The number of benzene rings is 3. The number of esters is 1. The minimum Gasteiger partial charge on any atom is -0.467 e. The maximum atomic E-state index is 14.0. The highest BCUT2D eigenvalue weighted by Gasteiger charge is 2.32. The molecule has 3 N–H and O–H groups in total. The zero-order valence-electron chi connectivity index (χ0n) is 26.5. The Morgan fingerprint density at radius 3 is 2.20 bits per heavy atom. The monoisotopic (exact) mass is 603 g/mol. The standard InChI is InChI=1S/C35H42FN3O5/c1-20-15-24(17-23-11-12-23)16-21(2)30(20)39-34(42)37-29-19-26(25-9-8-10-27(36)18-25)13-14-28(29)32(40)38-31(33(41)43-7)22(3)44-35(4,5)6/h8-10,13-16,18-19,22-23,31H,11-12,17H2,1-7H3,(H,38,40)(H2,37,39,42)/t22-,31+/m1/s1. The second-order valence-corrected chi connectivity index (χ2v) is 12.5. The van der Waals surface area contributed by atoms with Crippen molar-refractivity contribution < 1.29 is 28.2 Å². The minimum atomic E-state index is -1.12. The highest BCUT2D eigenvalue weighted by Crippen LogP contribution is 2.34. The van der Waals surface area contributed by atoms with Gasteiger partial charge in [0.2, 0.25) is 0 Å². The molecule has 0 bridgehead atoms. The van der Waals surface area contributed by atoms with Gasteiger partial charge in [-0.15, -0.1) is 0 Å². The van der Waals surface area contributed by atoms with Crippen LogP contribution in [0.4, 0.5) is 20.6 Å². The van der Waals surface area contributed by atoms with Crippen molar-refractivity contribution in [2.24, 2.45) is 5.92 Å². The fourth-order valence-electron chi connectivity index (χ4n) is 5.32. The number of urea groups is 1. The van der Waals surface area contributed by atoms with Crippen molar-refractivity contribution in [3.8, 4) is 11.1 Å². The van der Waals surface area contributed by atoms with Crippen LogP contribution in [0.25, 0.3) is 11.1 Å². The second-order valence-electron chi connectivity index (χ2n) is 12.5. The van der Waals surface area contributed by atoms with E-state index in [0.717, 1.165) is 23.5 Å². The van der Waals surface area contributed by atoms with Crippen LogP contribution in [0.1, 0.15) is 67.6 Å². The van der Waals surface area contributed by atoms with Gasteiger partial charge in [0.05, 0.1) is 30.1 Å². The third-order valence-corrected chi connectivity index (χ3v) is 7.47. The second kappa shape index (κ2) is 13.6. The number of rotatable bonds is 10.